The first-order valence-electron chi connectivity index (χ1n) is 5.84. The van der Waals surface area contributed by atoms with Crippen LogP contribution in [0.1, 0.15) is 18.5 Å². The Morgan fingerprint density at radius 2 is 2.18 bits per heavy atom. The van der Waals surface area contributed by atoms with E-state index in [-0.39, 0.29) is 0 Å². The molecule has 0 aliphatic rings. The Morgan fingerprint density at radius 3 is 2.88 bits per heavy atom. The molecule has 92 valence electrons. The maximum absolute atomic E-state index is 5.49. The Hall–Kier alpha value is -1.69. The van der Waals surface area contributed by atoms with Crippen LogP contribution in [0.5, 0.6) is 0 Å². The van der Waals surface area contributed by atoms with E-state index in [2.05, 4.69) is 20.4 Å². The van der Waals surface area contributed by atoms with E-state index in [9.17, 15) is 0 Å². The second-order valence-corrected chi connectivity index (χ2v) is 3.98. The minimum atomic E-state index is 0.717. The Morgan fingerprint density at radius 1 is 1.35 bits per heavy atom. The van der Waals surface area contributed by atoms with Crippen LogP contribution >= 0.6 is 0 Å². The van der Waals surface area contributed by atoms with E-state index in [0.29, 0.717) is 0 Å². The number of nitrogens with zero attached hydrogens (tertiary/aromatic N) is 4. The van der Waals surface area contributed by atoms with E-state index < -0.39 is 0 Å². The Kier molecular flexibility index (Phi) is 3.53. The van der Waals surface area contributed by atoms with Crippen LogP contribution in [-0.2, 0) is 6.54 Å². The van der Waals surface area contributed by atoms with Crippen molar-refractivity contribution >= 4 is 16.9 Å². The first-order valence-corrected chi connectivity index (χ1v) is 5.84. The molecule has 2 aromatic rings. The van der Waals surface area contributed by atoms with Crippen molar-refractivity contribution in [3.05, 3.63) is 12.0 Å². The van der Waals surface area contributed by atoms with Gasteiger partial charge in [-0.3, -0.25) is 0 Å². The van der Waals surface area contributed by atoms with Gasteiger partial charge in [0.15, 0.2) is 5.65 Å². The van der Waals surface area contributed by atoms with Gasteiger partial charge in [0.1, 0.15) is 12.1 Å². The van der Waals surface area contributed by atoms with Crippen LogP contribution in [0.3, 0.4) is 0 Å². The summed E-state index contributed by atoms with van der Waals surface area (Å²) in [6, 6.07) is 0. The van der Waals surface area contributed by atoms with Gasteiger partial charge in [0.05, 0.1) is 11.1 Å². The minimum absolute atomic E-state index is 0.717. The second-order valence-electron chi connectivity index (χ2n) is 3.98. The number of nitrogens with two attached hydrogens (primary N) is 1. The Labute approximate surface area is 100 Å². The summed E-state index contributed by atoms with van der Waals surface area (Å²) in [4.78, 5) is 8.51. The molecule has 0 aliphatic heterocycles. The highest BCUT2D eigenvalue weighted by Crippen LogP contribution is 2.22. The van der Waals surface area contributed by atoms with Crippen LogP contribution in [0, 0.1) is 6.92 Å². The molecule has 17 heavy (non-hydrogen) atoms. The summed E-state index contributed by atoms with van der Waals surface area (Å²) < 4.78 is 1.93. The van der Waals surface area contributed by atoms with Crippen molar-refractivity contribution in [3.63, 3.8) is 0 Å². The van der Waals surface area contributed by atoms with Crippen molar-refractivity contribution < 1.29 is 0 Å². The van der Waals surface area contributed by atoms with E-state index in [1.54, 1.807) is 6.33 Å². The molecule has 0 aliphatic carbocycles. The summed E-state index contributed by atoms with van der Waals surface area (Å²) in [5, 5.41) is 8.57. The van der Waals surface area contributed by atoms with Gasteiger partial charge in [0.25, 0.3) is 0 Å². The number of hydrogen-bond donors (Lipinski definition) is 2. The van der Waals surface area contributed by atoms with Gasteiger partial charge in [-0.05, 0) is 26.3 Å². The SMILES string of the molecule is CNc1ncnc2c1c(C)nn2CCCCN. The van der Waals surface area contributed by atoms with E-state index >= 15 is 0 Å². The fourth-order valence-electron chi connectivity index (χ4n) is 1.93. The Balaban J connectivity index is 2.38. The number of anilines is 1. The lowest BCUT2D eigenvalue weighted by Gasteiger charge is -2.03. The molecule has 6 heteroatoms. The molecule has 0 fully saturated rings. The van der Waals surface area contributed by atoms with Crippen LogP contribution < -0.4 is 11.1 Å². The average molecular weight is 234 g/mol. The highest BCUT2D eigenvalue weighted by Gasteiger charge is 2.12. The number of aryl methyl sites for hydroxylation is 2. The number of nitrogens with one attached hydrogen (secondary N) is 1. The van der Waals surface area contributed by atoms with Crippen LogP contribution in [-0.4, -0.2) is 33.3 Å². The zero-order chi connectivity index (χ0) is 12.3. The van der Waals surface area contributed by atoms with E-state index in [0.717, 1.165) is 48.5 Å². The predicted octanol–water partition coefficient (Wildman–Crippen LogP) is 0.915. The zero-order valence-electron chi connectivity index (χ0n) is 10.3. The maximum Gasteiger partial charge on any atom is 0.163 e. The standard InChI is InChI=1S/C11H18N6/c1-8-9-10(13-2)14-7-15-11(9)17(16-8)6-4-3-5-12/h7H,3-6,12H2,1-2H3,(H,13,14,15). The first-order chi connectivity index (χ1) is 8.27. The van der Waals surface area contributed by atoms with Crippen molar-refractivity contribution in [2.24, 2.45) is 5.73 Å². The molecule has 0 saturated carbocycles. The van der Waals surface area contributed by atoms with Gasteiger partial charge in [-0.15, -0.1) is 0 Å². The molecule has 2 heterocycles. The smallest absolute Gasteiger partial charge is 0.163 e. The van der Waals surface area contributed by atoms with Gasteiger partial charge < -0.3 is 11.1 Å². The lowest BCUT2D eigenvalue weighted by Crippen LogP contribution is -2.05. The third-order valence-corrected chi connectivity index (χ3v) is 2.77. The summed E-state index contributed by atoms with van der Waals surface area (Å²) in [5.41, 5.74) is 7.33. The molecule has 6 nitrogen and oxygen atoms in total. The van der Waals surface area contributed by atoms with Crippen molar-refractivity contribution in [2.45, 2.75) is 26.3 Å². The fraction of sp³-hybridized carbons (Fsp3) is 0.545. The van der Waals surface area contributed by atoms with Crippen molar-refractivity contribution in [2.75, 3.05) is 18.9 Å². The minimum Gasteiger partial charge on any atom is -0.372 e. The van der Waals surface area contributed by atoms with Gasteiger partial charge >= 0.3 is 0 Å². The normalized spacial score (nSPS) is 11.0. The van der Waals surface area contributed by atoms with Crippen molar-refractivity contribution in [1.29, 1.82) is 0 Å². The molecule has 0 unspecified atom stereocenters. The second kappa shape index (κ2) is 5.09. The monoisotopic (exact) mass is 234 g/mol. The molecule has 0 bridgehead atoms. The van der Waals surface area contributed by atoms with Crippen molar-refractivity contribution in [3.8, 4) is 0 Å². The molecule has 0 aromatic carbocycles. The van der Waals surface area contributed by atoms with Gasteiger partial charge in [-0.1, -0.05) is 0 Å². The first kappa shape index (κ1) is 11.8. The molecular formula is C11H18N6. The lowest BCUT2D eigenvalue weighted by molar-refractivity contribution is 0.569. The maximum atomic E-state index is 5.49. The molecule has 2 rings (SSSR count). The quantitative estimate of drug-likeness (QED) is 0.752. The zero-order valence-corrected chi connectivity index (χ0v) is 10.3. The largest absolute Gasteiger partial charge is 0.372 e. The lowest BCUT2D eigenvalue weighted by atomic mass is 10.3. The molecular weight excluding hydrogens is 216 g/mol. The number of aromatic nitrogens is 4. The fourth-order valence-corrected chi connectivity index (χ4v) is 1.93. The molecule has 2 aromatic heterocycles. The highest BCUT2D eigenvalue weighted by atomic mass is 15.3. The van der Waals surface area contributed by atoms with Gasteiger partial charge in [-0.2, -0.15) is 5.10 Å². The van der Waals surface area contributed by atoms with E-state index in [4.69, 9.17) is 5.73 Å². The molecule has 0 amide bonds. The number of rotatable bonds is 5. The summed E-state index contributed by atoms with van der Waals surface area (Å²) >= 11 is 0. The van der Waals surface area contributed by atoms with E-state index in [1.165, 1.54) is 0 Å². The third-order valence-electron chi connectivity index (χ3n) is 2.77. The summed E-state index contributed by atoms with van der Waals surface area (Å²) in [6.45, 7) is 3.54. The third kappa shape index (κ3) is 2.21. The van der Waals surface area contributed by atoms with Crippen LogP contribution in [0.2, 0.25) is 0 Å². The number of hydrogen-bond acceptors (Lipinski definition) is 5. The summed E-state index contributed by atoms with van der Waals surface area (Å²) in [7, 11) is 1.85. The predicted molar refractivity (Wildman–Crippen MR) is 67.9 cm³/mol. The van der Waals surface area contributed by atoms with Gasteiger partial charge in [0, 0.05) is 13.6 Å². The number of unbranched alkanes of at least 4 members (excludes halogenated alkanes) is 1. The molecule has 0 atom stereocenters. The van der Waals surface area contributed by atoms with Crippen LogP contribution in [0.25, 0.3) is 11.0 Å². The topological polar surface area (TPSA) is 81.7 Å². The molecule has 3 N–H and O–H groups in total. The average Bonchev–Trinajstić information content (AvgIpc) is 2.67. The summed E-state index contributed by atoms with van der Waals surface area (Å²) in [5.74, 6) is 0.831. The molecule has 0 spiro atoms. The summed E-state index contributed by atoms with van der Waals surface area (Å²) in [6.07, 6.45) is 3.59. The van der Waals surface area contributed by atoms with Gasteiger partial charge in [0.2, 0.25) is 0 Å². The molecule has 0 radical (unpaired) electrons. The van der Waals surface area contributed by atoms with E-state index in [1.807, 2.05) is 18.7 Å². The Bertz CT molecular complexity index is 504. The van der Waals surface area contributed by atoms with Crippen LogP contribution in [0.15, 0.2) is 6.33 Å². The molecule has 0 saturated heterocycles. The number of fused-ring (bicyclic) bond motifs is 1. The highest BCUT2D eigenvalue weighted by molar-refractivity contribution is 5.88. The van der Waals surface area contributed by atoms with Gasteiger partial charge in [-0.25, -0.2) is 14.6 Å². The van der Waals surface area contributed by atoms with Crippen LogP contribution in [0.4, 0.5) is 5.82 Å². The van der Waals surface area contributed by atoms with Crippen molar-refractivity contribution in [1.82, 2.24) is 19.7 Å².